The first kappa shape index (κ1) is 30.3. The van der Waals surface area contributed by atoms with Crippen molar-refractivity contribution >= 4 is 24.7 Å². The maximum absolute atomic E-state index is 15.3. The number of ether oxygens (including phenoxy) is 1. The van der Waals surface area contributed by atoms with Crippen LogP contribution in [-0.2, 0) is 14.0 Å². The van der Waals surface area contributed by atoms with Gasteiger partial charge < -0.3 is 14.3 Å². The molecule has 1 aliphatic carbocycles. The van der Waals surface area contributed by atoms with Gasteiger partial charge in [-0.05, 0) is 54.4 Å². The van der Waals surface area contributed by atoms with E-state index in [0.717, 1.165) is 6.42 Å². The van der Waals surface area contributed by atoms with Crippen molar-refractivity contribution in [2.75, 3.05) is 6.61 Å². The molecule has 2 aromatic rings. The summed E-state index contributed by atoms with van der Waals surface area (Å²) >= 11 is 0. The first-order valence-corrected chi connectivity index (χ1v) is 15.9. The van der Waals surface area contributed by atoms with Crippen LogP contribution in [0.1, 0.15) is 66.7 Å². The number of carbonyl (C=O) groups is 1. The number of allylic oxidation sites excluding steroid dienone is 2. The summed E-state index contributed by atoms with van der Waals surface area (Å²) in [6, 6.07) is 20.7. The lowest BCUT2D eigenvalue weighted by Crippen LogP contribution is -2.67. The molecule has 2 aromatic carbocycles. The summed E-state index contributed by atoms with van der Waals surface area (Å²) in [5.41, 5.74) is 0. The fourth-order valence-electron chi connectivity index (χ4n) is 5.73. The molecule has 1 fully saturated rings. The Morgan fingerprint density at radius 3 is 2.13 bits per heavy atom. The SMILES string of the molecule is CC(C)OC(=O)CCCC=CC[C@@H]1[C@@H](CO[Si](c2ccccc2)(c2ccccc2)C(C)(C)C)[C@@H](F)C[C@@H]1O. The third-order valence-electron chi connectivity index (χ3n) is 7.58. The standard InChI is InChI=1S/C32H45FO4Si/c1-24(2)37-31(35)21-15-7-6-14-20-27-28(29(33)22-30(27)34)23-36-38(32(3,4)5,25-16-10-8-11-17-25)26-18-12-9-13-19-26/h6,8-14,16-19,24,27-30,34H,7,15,20-23H2,1-5H3/t27-,28-,29+,30+/m1/s1. The average Bonchev–Trinajstić information content (AvgIpc) is 3.13. The lowest BCUT2D eigenvalue weighted by Gasteiger charge is -2.44. The zero-order chi connectivity index (χ0) is 27.8. The smallest absolute Gasteiger partial charge is 0.306 e. The molecule has 1 N–H and O–H groups in total. The summed E-state index contributed by atoms with van der Waals surface area (Å²) in [7, 11) is -2.78. The molecule has 4 atom stereocenters. The predicted molar refractivity (Wildman–Crippen MR) is 155 cm³/mol. The van der Waals surface area contributed by atoms with Crippen LogP contribution in [0.2, 0.25) is 5.04 Å². The van der Waals surface area contributed by atoms with E-state index in [1.807, 2.05) is 62.4 Å². The van der Waals surface area contributed by atoms with Crippen molar-refractivity contribution < 1.29 is 23.5 Å². The second-order valence-corrected chi connectivity index (χ2v) is 16.1. The van der Waals surface area contributed by atoms with Gasteiger partial charge in [-0.2, -0.15) is 0 Å². The second kappa shape index (κ2) is 13.7. The summed E-state index contributed by atoms with van der Waals surface area (Å²) in [4.78, 5) is 11.7. The number of carbonyl (C=O) groups excluding carboxylic acids is 1. The summed E-state index contributed by atoms with van der Waals surface area (Å²) in [5, 5.41) is 12.9. The molecule has 0 spiro atoms. The zero-order valence-electron chi connectivity index (χ0n) is 23.6. The molecule has 0 amide bonds. The van der Waals surface area contributed by atoms with Gasteiger partial charge in [0, 0.05) is 25.4 Å². The summed E-state index contributed by atoms with van der Waals surface area (Å²) in [6.07, 6.45) is 4.74. The van der Waals surface area contributed by atoms with Crippen molar-refractivity contribution in [1.82, 2.24) is 0 Å². The number of esters is 1. The van der Waals surface area contributed by atoms with Crippen LogP contribution in [0.5, 0.6) is 0 Å². The van der Waals surface area contributed by atoms with E-state index >= 15 is 4.39 Å². The minimum Gasteiger partial charge on any atom is -0.463 e. The van der Waals surface area contributed by atoms with Crippen LogP contribution in [0.4, 0.5) is 4.39 Å². The third-order valence-corrected chi connectivity index (χ3v) is 12.6. The van der Waals surface area contributed by atoms with Gasteiger partial charge in [-0.3, -0.25) is 4.79 Å². The Bertz CT molecular complexity index is 979. The molecule has 6 heteroatoms. The largest absolute Gasteiger partial charge is 0.463 e. The van der Waals surface area contributed by atoms with E-state index in [1.54, 1.807) is 0 Å². The number of halogens is 1. The Labute approximate surface area is 229 Å². The van der Waals surface area contributed by atoms with Gasteiger partial charge in [-0.1, -0.05) is 93.6 Å². The molecule has 0 bridgehead atoms. The summed E-state index contributed by atoms with van der Waals surface area (Å²) in [6.45, 7) is 10.6. The number of aliphatic hydroxyl groups is 1. The molecular formula is C32H45FO4Si. The van der Waals surface area contributed by atoms with Gasteiger partial charge in [0.1, 0.15) is 6.17 Å². The van der Waals surface area contributed by atoms with Crippen LogP contribution in [0.3, 0.4) is 0 Å². The molecule has 0 aliphatic heterocycles. The highest BCUT2D eigenvalue weighted by atomic mass is 28.4. The van der Waals surface area contributed by atoms with Crippen molar-refractivity contribution in [3.63, 3.8) is 0 Å². The molecule has 4 nitrogen and oxygen atoms in total. The Kier molecular flexibility index (Phi) is 10.9. The lowest BCUT2D eigenvalue weighted by molar-refractivity contribution is -0.147. The molecule has 3 rings (SSSR count). The van der Waals surface area contributed by atoms with Crippen molar-refractivity contribution in [3.05, 3.63) is 72.8 Å². The van der Waals surface area contributed by atoms with Crippen molar-refractivity contribution in [2.24, 2.45) is 11.8 Å². The molecule has 0 unspecified atom stereocenters. The van der Waals surface area contributed by atoms with E-state index < -0.39 is 20.6 Å². The van der Waals surface area contributed by atoms with Crippen molar-refractivity contribution in [1.29, 1.82) is 0 Å². The zero-order valence-corrected chi connectivity index (χ0v) is 24.6. The van der Waals surface area contributed by atoms with Gasteiger partial charge in [0.2, 0.25) is 0 Å². The van der Waals surface area contributed by atoms with Crippen LogP contribution in [-0.4, -0.2) is 44.4 Å². The van der Waals surface area contributed by atoms with Crippen LogP contribution < -0.4 is 10.4 Å². The van der Waals surface area contributed by atoms with E-state index in [9.17, 15) is 9.90 Å². The predicted octanol–water partition coefficient (Wildman–Crippen LogP) is 5.97. The van der Waals surface area contributed by atoms with Gasteiger partial charge >= 0.3 is 5.97 Å². The fourth-order valence-corrected chi connectivity index (χ4v) is 10.3. The number of hydrogen-bond acceptors (Lipinski definition) is 4. The first-order valence-electron chi connectivity index (χ1n) is 14.0. The quantitative estimate of drug-likeness (QED) is 0.156. The minimum absolute atomic E-state index is 0.0986. The normalized spacial score (nSPS) is 22.3. The second-order valence-electron chi connectivity index (χ2n) is 11.8. The average molecular weight is 541 g/mol. The van der Waals surface area contributed by atoms with Crippen LogP contribution in [0, 0.1) is 11.8 Å². The van der Waals surface area contributed by atoms with Gasteiger partial charge in [-0.15, -0.1) is 0 Å². The van der Waals surface area contributed by atoms with Gasteiger partial charge in [0.25, 0.3) is 8.32 Å². The molecule has 38 heavy (non-hydrogen) atoms. The first-order chi connectivity index (χ1) is 18.1. The van der Waals surface area contributed by atoms with Gasteiger partial charge in [0.05, 0.1) is 12.2 Å². The Hall–Kier alpha value is -2.28. The molecular weight excluding hydrogens is 495 g/mol. The van der Waals surface area contributed by atoms with Crippen LogP contribution >= 0.6 is 0 Å². The molecule has 0 heterocycles. The lowest BCUT2D eigenvalue weighted by atomic mass is 9.91. The minimum atomic E-state index is -2.78. The molecule has 0 aromatic heterocycles. The number of aliphatic hydroxyl groups excluding tert-OH is 1. The van der Waals surface area contributed by atoms with Crippen molar-refractivity contribution in [3.8, 4) is 0 Å². The maximum atomic E-state index is 15.3. The van der Waals surface area contributed by atoms with Crippen molar-refractivity contribution in [2.45, 2.75) is 90.1 Å². The van der Waals surface area contributed by atoms with Crippen LogP contribution in [0.25, 0.3) is 0 Å². The monoisotopic (exact) mass is 540 g/mol. The fraction of sp³-hybridized carbons (Fsp3) is 0.531. The van der Waals surface area contributed by atoms with E-state index in [-0.39, 0.29) is 42.0 Å². The van der Waals surface area contributed by atoms with E-state index in [1.165, 1.54) is 10.4 Å². The molecule has 0 saturated heterocycles. The molecule has 0 radical (unpaired) electrons. The molecule has 1 aliphatic rings. The summed E-state index contributed by atoms with van der Waals surface area (Å²) < 4.78 is 27.5. The van der Waals surface area contributed by atoms with Gasteiger partial charge in [0.15, 0.2) is 0 Å². The highest BCUT2D eigenvalue weighted by Gasteiger charge is 2.52. The Balaban J connectivity index is 1.74. The van der Waals surface area contributed by atoms with E-state index in [0.29, 0.717) is 19.3 Å². The number of hydrogen-bond donors (Lipinski definition) is 1. The molecule has 208 valence electrons. The third kappa shape index (κ3) is 7.43. The van der Waals surface area contributed by atoms with E-state index in [4.69, 9.17) is 9.16 Å². The number of benzene rings is 2. The number of alkyl halides is 1. The van der Waals surface area contributed by atoms with Crippen LogP contribution in [0.15, 0.2) is 72.8 Å². The van der Waals surface area contributed by atoms with E-state index in [2.05, 4.69) is 45.0 Å². The highest BCUT2D eigenvalue weighted by Crippen LogP contribution is 2.41. The summed E-state index contributed by atoms with van der Waals surface area (Å²) in [5.74, 6) is -0.761. The molecule has 1 saturated carbocycles. The Morgan fingerprint density at radius 1 is 1.03 bits per heavy atom. The maximum Gasteiger partial charge on any atom is 0.306 e. The Morgan fingerprint density at radius 2 is 1.61 bits per heavy atom. The topological polar surface area (TPSA) is 55.8 Å². The van der Waals surface area contributed by atoms with Gasteiger partial charge in [-0.25, -0.2) is 4.39 Å². The number of unbranched alkanes of at least 4 members (excludes halogenated alkanes) is 1. The number of rotatable bonds is 12. The highest BCUT2D eigenvalue weighted by molar-refractivity contribution is 6.99.